The predicted molar refractivity (Wildman–Crippen MR) is 53.0 cm³/mol. The van der Waals surface area contributed by atoms with Gasteiger partial charge in [-0.2, -0.15) is 12.6 Å². The first-order valence-electron chi connectivity index (χ1n) is 4.69. The van der Waals surface area contributed by atoms with Crippen molar-refractivity contribution in [2.24, 2.45) is 11.7 Å². The summed E-state index contributed by atoms with van der Waals surface area (Å²) in [5, 5.41) is 7.34. The summed E-state index contributed by atoms with van der Waals surface area (Å²) in [6, 6.07) is 0. The Labute approximate surface area is 78.9 Å². The monoisotopic (exact) mass is 187 g/mol. The van der Waals surface area contributed by atoms with Crippen molar-refractivity contribution in [3.05, 3.63) is 0 Å². The van der Waals surface area contributed by atoms with Crippen LogP contribution in [0.4, 0.5) is 0 Å². The number of fused-ring (bicyclic) bond motifs is 1. The molecule has 0 aromatic heterocycles. The first-order chi connectivity index (χ1) is 5.75. The Balaban J connectivity index is 1.94. The lowest BCUT2D eigenvalue weighted by atomic mass is 9.87. The molecule has 4 heteroatoms. The highest BCUT2D eigenvalue weighted by molar-refractivity contribution is 7.81. The highest BCUT2D eigenvalue weighted by Crippen LogP contribution is 2.26. The molecule has 0 aliphatic carbocycles. The lowest BCUT2D eigenvalue weighted by molar-refractivity contribution is 0.164. The number of hydrogen-bond acceptors (Lipinski definition) is 4. The van der Waals surface area contributed by atoms with Gasteiger partial charge in [0.2, 0.25) is 0 Å². The van der Waals surface area contributed by atoms with Crippen molar-refractivity contribution in [1.82, 2.24) is 10.6 Å². The third kappa shape index (κ3) is 1.76. The second-order valence-corrected chi connectivity index (χ2v) is 4.62. The van der Waals surface area contributed by atoms with E-state index in [0.717, 1.165) is 18.9 Å². The van der Waals surface area contributed by atoms with E-state index in [9.17, 15) is 0 Å². The van der Waals surface area contributed by atoms with Gasteiger partial charge in [-0.3, -0.25) is 5.32 Å². The van der Waals surface area contributed by atoms with Crippen LogP contribution in [0.1, 0.15) is 19.3 Å². The normalized spacial score (nSPS) is 48.5. The van der Waals surface area contributed by atoms with Crippen LogP contribution in [0.2, 0.25) is 0 Å². The average Bonchev–Trinajstić information content (AvgIpc) is 2.05. The molecule has 12 heavy (non-hydrogen) atoms. The molecule has 3 nitrogen and oxygen atoms in total. The molecule has 2 aliphatic rings. The van der Waals surface area contributed by atoms with Gasteiger partial charge in [0.25, 0.3) is 0 Å². The van der Waals surface area contributed by atoms with Crippen LogP contribution >= 0.6 is 12.6 Å². The molecule has 2 fully saturated rings. The van der Waals surface area contributed by atoms with Crippen molar-refractivity contribution in [3.8, 4) is 0 Å². The van der Waals surface area contributed by atoms with E-state index in [1.54, 1.807) is 0 Å². The van der Waals surface area contributed by atoms with Crippen molar-refractivity contribution < 1.29 is 0 Å². The maximum Gasteiger partial charge on any atom is 0.0613 e. The first kappa shape index (κ1) is 8.81. The summed E-state index contributed by atoms with van der Waals surface area (Å²) in [6.07, 6.45) is 4.19. The molecule has 0 bridgehead atoms. The van der Waals surface area contributed by atoms with Crippen LogP contribution in [-0.2, 0) is 0 Å². The van der Waals surface area contributed by atoms with Crippen LogP contribution in [0.15, 0.2) is 0 Å². The van der Waals surface area contributed by atoms with Crippen molar-refractivity contribution in [3.63, 3.8) is 0 Å². The molecule has 0 spiro atoms. The average molecular weight is 187 g/mol. The number of nitrogens with one attached hydrogen (secondary N) is 2. The number of thiol groups is 1. The Bertz CT molecular complexity index is 146. The summed E-state index contributed by atoms with van der Waals surface area (Å²) in [5.41, 5.74) is 5.81. The lowest BCUT2D eigenvalue weighted by Crippen LogP contribution is -2.61. The third-order valence-corrected chi connectivity index (χ3v) is 3.26. The molecule has 4 N–H and O–H groups in total. The molecular formula is C8H17N3S. The van der Waals surface area contributed by atoms with Crippen LogP contribution in [0.25, 0.3) is 0 Å². The molecule has 2 rings (SSSR count). The fourth-order valence-corrected chi connectivity index (χ4v) is 2.56. The number of nitrogens with two attached hydrogens (primary N) is 1. The molecule has 2 aliphatic heterocycles. The number of rotatable bonds is 0. The summed E-state index contributed by atoms with van der Waals surface area (Å²) >= 11 is 4.48. The third-order valence-electron chi connectivity index (χ3n) is 2.86. The minimum Gasteiger partial charge on any atom is -0.316 e. The largest absolute Gasteiger partial charge is 0.316 e. The zero-order valence-electron chi connectivity index (χ0n) is 7.16. The Kier molecular flexibility index (Phi) is 2.60. The fraction of sp³-hybridized carbons (Fsp3) is 1.00. The van der Waals surface area contributed by atoms with Gasteiger partial charge in [0.05, 0.1) is 12.3 Å². The number of piperidine rings is 2. The van der Waals surface area contributed by atoms with E-state index in [-0.39, 0.29) is 6.17 Å². The molecule has 0 radical (unpaired) electrons. The molecule has 0 amide bonds. The SMILES string of the molecule is NC1CCC2CC(S)CNC2N1. The Hall–Kier alpha value is 0.230. The van der Waals surface area contributed by atoms with Gasteiger partial charge in [-0.15, -0.1) is 0 Å². The molecule has 70 valence electrons. The van der Waals surface area contributed by atoms with Crippen molar-refractivity contribution >= 4 is 12.6 Å². The fourth-order valence-electron chi connectivity index (χ4n) is 2.19. The van der Waals surface area contributed by atoms with E-state index in [4.69, 9.17) is 5.73 Å². The smallest absolute Gasteiger partial charge is 0.0613 e. The molecule has 0 saturated carbocycles. The van der Waals surface area contributed by atoms with Crippen LogP contribution in [-0.4, -0.2) is 24.1 Å². The minimum atomic E-state index is 0.190. The molecule has 0 aromatic rings. The van der Waals surface area contributed by atoms with Crippen LogP contribution < -0.4 is 16.4 Å². The van der Waals surface area contributed by atoms with Gasteiger partial charge in [0.1, 0.15) is 0 Å². The van der Waals surface area contributed by atoms with Crippen molar-refractivity contribution in [2.75, 3.05) is 6.54 Å². The molecule has 4 unspecified atom stereocenters. The van der Waals surface area contributed by atoms with Gasteiger partial charge in [-0.1, -0.05) is 0 Å². The van der Waals surface area contributed by atoms with Gasteiger partial charge >= 0.3 is 0 Å². The van der Waals surface area contributed by atoms with E-state index < -0.39 is 0 Å². The van der Waals surface area contributed by atoms with E-state index >= 15 is 0 Å². The summed E-state index contributed by atoms with van der Waals surface area (Å²) in [4.78, 5) is 0. The van der Waals surface area contributed by atoms with Gasteiger partial charge in [0, 0.05) is 11.8 Å². The molecule has 4 atom stereocenters. The standard InChI is InChI=1S/C8H17N3S/c9-7-2-1-5-3-6(12)4-10-8(5)11-7/h5-8,10-12H,1-4,9H2. The summed E-state index contributed by atoms with van der Waals surface area (Å²) in [5.74, 6) is 0.737. The van der Waals surface area contributed by atoms with Gasteiger partial charge in [-0.25, -0.2) is 0 Å². The van der Waals surface area contributed by atoms with Gasteiger partial charge in [-0.05, 0) is 25.2 Å². The van der Waals surface area contributed by atoms with Crippen LogP contribution in [0.5, 0.6) is 0 Å². The number of hydrogen-bond donors (Lipinski definition) is 4. The quantitative estimate of drug-likeness (QED) is 0.400. The Morgan fingerprint density at radius 2 is 2.17 bits per heavy atom. The van der Waals surface area contributed by atoms with E-state index in [0.29, 0.717) is 11.4 Å². The van der Waals surface area contributed by atoms with E-state index in [1.165, 1.54) is 12.8 Å². The zero-order chi connectivity index (χ0) is 8.55. The molecule has 0 aromatic carbocycles. The van der Waals surface area contributed by atoms with Crippen molar-refractivity contribution in [2.45, 2.75) is 36.8 Å². The minimum absolute atomic E-state index is 0.190. The maximum atomic E-state index is 5.81. The van der Waals surface area contributed by atoms with E-state index in [1.807, 2.05) is 0 Å². The molecule has 2 saturated heterocycles. The lowest BCUT2D eigenvalue weighted by Gasteiger charge is -2.41. The van der Waals surface area contributed by atoms with Gasteiger partial charge < -0.3 is 11.1 Å². The Morgan fingerprint density at radius 1 is 1.33 bits per heavy atom. The second-order valence-electron chi connectivity index (χ2n) is 3.89. The highest BCUT2D eigenvalue weighted by atomic mass is 32.1. The zero-order valence-corrected chi connectivity index (χ0v) is 8.06. The molecular weight excluding hydrogens is 170 g/mol. The first-order valence-corrected chi connectivity index (χ1v) is 5.20. The van der Waals surface area contributed by atoms with Gasteiger partial charge in [0.15, 0.2) is 0 Å². The van der Waals surface area contributed by atoms with E-state index in [2.05, 4.69) is 23.3 Å². The molecule has 2 heterocycles. The van der Waals surface area contributed by atoms with Crippen molar-refractivity contribution in [1.29, 1.82) is 0 Å². The Morgan fingerprint density at radius 3 is 3.00 bits per heavy atom. The predicted octanol–water partition coefficient (Wildman–Crippen LogP) is -0.111. The van der Waals surface area contributed by atoms with Crippen LogP contribution in [0, 0.1) is 5.92 Å². The van der Waals surface area contributed by atoms with Crippen LogP contribution in [0.3, 0.4) is 0 Å². The maximum absolute atomic E-state index is 5.81. The highest BCUT2D eigenvalue weighted by Gasteiger charge is 2.32. The summed E-state index contributed by atoms with van der Waals surface area (Å²) < 4.78 is 0. The summed E-state index contributed by atoms with van der Waals surface area (Å²) in [7, 11) is 0. The second kappa shape index (κ2) is 3.54. The topological polar surface area (TPSA) is 50.1 Å². The summed E-state index contributed by atoms with van der Waals surface area (Å²) in [6.45, 7) is 1.00.